The Balaban J connectivity index is 1.69. The van der Waals surface area contributed by atoms with Crippen LogP contribution in [0.1, 0.15) is 0 Å². The molecular formula is C15H12Cl2N4O. The number of halogens is 2. The van der Waals surface area contributed by atoms with E-state index in [1.165, 1.54) is 0 Å². The van der Waals surface area contributed by atoms with E-state index < -0.39 is 0 Å². The van der Waals surface area contributed by atoms with Crippen LogP contribution in [0.5, 0.6) is 0 Å². The number of anilines is 4. The van der Waals surface area contributed by atoms with Crippen LogP contribution in [0.25, 0.3) is 0 Å². The van der Waals surface area contributed by atoms with Crippen molar-refractivity contribution in [3.63, 3.8) is 0 Å². The molecule has 0 spiro atoms. The van der Waals surface area contributed by atoms with Crippen molar-refractivity contribution in [3.8, 4) is 0 Å². The highest BCUT2D eigenvalue weighted by Gasteiger charge is 2.13. The summed E-state index contributed by atoms with van der Waals surface area (Å²) in [6.45, 7) is 3.78. The fourth-order valence-corrected chi connectivity index (χ4v) is 2.64. The summed E-state index contributed by atoms with van der Waals surface area (Å²) >= 11 is 11.8. The molecule has 2 amide bonds. The van der Waals surface area contributed by atoms with Gasteiger partial charge >= 0.3 is 6.03 Å². The van der Waals surface area contributed by atoms with Crippen molar-refractivity contribution >= 4 is 52.0 Å². The van der Waals surface area contributed by atoms with Gasteiger partial charge in [0.15, 0.2) is 0 Å². The molecule has 7 heteroatoms. The molecule has 0 saturated heterocycles. The molecule has 4 N–H and O–H groups in total. The minimum atomic E-state index is -0.386. The molecule has 0 unspecified atom stereocenters. The summed E-state index contributed by atoms with van der Waals surface area (Å²) in [4.78, 5) is 12.0. The summed E-state index contributed by atoms with van der Waals surface area (Å²) in [7, 11) is 0. The number of urea groups is 1. The Morgan fingerprint density at radius 1 is 0.909 bits per heavy atom. The van der Waals surface area contributed by atoms with E-state index in [0.29, 0.717) is 27.2 Å². The van der Waals surface area contributed by atoms with Gasteiger partial charge < -0.3 is 21.3 Å². The molecule has 0 aromatic heterocycles. The third-order valence-electron chi connectivity index (χ3n) is 2.97. The van der Waals surface area contributed by atoms with Gasteiger partial charge in [0.1, 0.15) is 5.82 Å². The topological polar surface area (TPSA) is 65.2 Å². The van der Waals surface area contributed by atoms with Crippen molar-refractivity contribution in [1.82, 2.24) is 0 Å². The lowest BCUT2D eigenvalue weighted by molar-refractivity contribution is 0.262. The highest BCUT2D eigenvalue weighted by Crippen LogP contribution is 2.32. The lowest BCUT2D eigenvalue weighted by Crippen LogP contribution is -2.19. The van der Waals surface area contributed by atoms with Gasteiger partial charge in [-0.2, -0.15) is 0 Å². The van der Waals surface area contributed by atoms with Crippen LogP contribution in [0.4, 0.5) is 27.5 Å². The van der Waals surface area contributed by atoms with Gasteiger partial charge in [0.05, 0.1) is 11.4 Å². The number of fused-ring (bicyclic) bond motifs is 1. The van der Waals surface area contributed by atoms with Gasteiger partial charge in [-0.15, -0.1) is 0 Å². The van der Waals surface area contributed by atoms with Gasteiger partial charge in [-0.05, 0) is 36.4 Å². The minimum Gasteiger partial charge on any atom is -0.341 e. The standard InChI is InChI=1S/C15H12Cl2N4O/c1-8-18-13-3-2-11(7-14(13)19-8)20-15(22)21-12-5-9(16)4-10(17)6-12/h2-7,18-19H,1H2,(H2,20,21,22). The monoisotopic (exact) mass is 334 g/mol. The van der Waals surface area contributed by atoms with E-state index in [1.54, 1.807) is 24.3 Å². The van der Waals surface area contributed by atoms with Crippen LogP contribution in [0.15, 0.2) is 48.8 Å². The molecule has 0 saturated carbocycles. The third-order valence-corrected chi connectivity index (χ3v) is 3.41. The minimum absolute atomic E-state index is 0.386. The molecule has 5 nitrogen and oxygen atoms in total. The zero-order valence-corrected chi connectivity index (χ0v) is 12.8. The molecule has 0 atom stereocenters. The first-order valence-electron chi connectivity index (χ1n) is 6.41. The number of carbonyl (C=O) groups is 1. The van der Waals surface area contributed by atoms with Gasteiger partial charge in [0.25, 0.3) is 0 Å². The Morgan fingerprint density at radius 3 is 2.27 bits per heavy atom. The second-order valence-corrected chi connectivity index (χ2v) is 5.60. The second kappa shape index (κ2) is 5.79. The van der Waals surface area contributed by atoms with Crippen molar-refractivity contribution in [1.29, 1.82) is 0 Å². The molecule has 2 aromatic rings. The maximum atomic E-state index is 12.0. The average molecular weight is 335 g/mol. The Labute approximate surface area is 137 Å². The molecule has 1 heterocycles. The van der Waals surface area contributed by atoms with Crippen molar-refractivity contribution in [2.45, 2.75) is 0 Å². The Hall–Kier alpha value is -2.37. The first kappa shape index (κ1) is 14.6. The zero-order chi connectivity index (χ0) is 15.7. The van der Waals surface area contributed by atoms with Gasteiger partial charge in [0, 0.05) is 21.4 Å². The maximum absolute atomic E-state index is 12.0. The van der Waals surface area contributed by atoms with Crippen LogP contribution in [-0.2, 0) is 0 Å². The van der Waals surface area contributed by atoms with Crippen LogP contribution in [-0.4, -0.2) is 6.03 Å². The van der Waals surface area contributed by atoms with Gasteiger partial charge in [-0.25, -0.2) is 4.79 Å². The summed E-state index contributed by atoms with van der Waals surface area (Å²) in [5.74, 6) is 0.699. The average Bonchev–Trinajstić information content (AvgIpc) is 2.76. The van der Waals surface area contributed by atoms with Crippen LogP contribution < -0.4 is 21.3 Å². The molecule has 1 aliphatic rings. The Bertz CT molecular complexity index is 756. The first-order valence-corrected chi connectivity index (χ1v) is 7.16. The number of amides is 2. The van der Waals surface area contributed by atoms with E-state index in [2.05, 4.69) is 27.8 Å². The largest absolute Gasteiger partial charge is 0.341 e. The van der Waals surface area contributed by atoms with Crippen molar-refractivity contribution in [2.24, 2.45) is 0 Å². The van der Waals surface area contributed by atoms with E-state index in [0.717, 1.165) is 11.4 Å². The number of hydrogen-bond acceptors (Lipinski definition) is 3. The van der Waals surface area contributed by atoms with Crippen LogP contribution >= 0.6 is 23.2 Å². The number of benzene rings is 2. The van der Waals surface area contributed by atoms with Gasteiger partial charge in [-0.3, -0.25) is 0 Å². The third kappa shape index (κ3) is 3.27. The number of carbonyl (C=O) groups excluding carboxylic acids is 1. The molecular weight excluding hydrogens is 323 g/mol. The summed E-state index contributed by atoms with van der Waals surface area (Å²) in [5.41, 5.74) is 2.93. The summed E-state index contributed by atoms with van der Waals surface area (Å²) in [6, 6.07) is 9.89. The molecule has 2 aromatic carbocycles. The smallest absolute Gasteiger partial charge is 0.323 e. The Kier molecular flexibility index (Phi) is 3.83. The summed E-state index contributed by atoms with van der Waals surface area (Å²) < 4.78 is 0. The van der Waals surface area contributed by atoms with E-state index in [1.807, 2.05) is 12.1 Å². The van der Waals surface area contributed by atoms with E-state index >= 15 is 0 Å². The second-order valence-electron chi connectivity index (χ2n) is 4.73. The predicted octanol–water partition coefficient (Wildman–Crippen LogP) is 4.95. The Morgan fingerprint density at radius 2 is 1.55 bits per heavy atom. The molecule has 0 aliphatic carbocycles. The molecule has 0 radical (unpaired) electrons. The van der Waals surface area contributed by atoms with E-state index in [-0.39, 0.29) is 6.03 Å². The predicted molar refractivity (Wildman–Crippen MR) is 91.9 cm³/mol. The quantitative estimate of drug-likeness (QED) is 0.628. The summed E-state index contributed by atoms with van der Waals surface area (Å²) in [5, 5.41) is 12.5. The van der Waals surface area contributed by atoms with Gasteiger partial charge in [0.2, 0.25) is 0 Å². The fraction of sp³-hybridized carbons (Fsp3) is 0. The van der Waals surface area contributed by atoms with E-state index in [9.17, 15) is 4.79 Å². The van der Waals surface area contributed by atoms with Gasteiger partial charge in [-0.1, -0.05) is 29.8 Å². The molecule has 1 aliphatic heterocycles. The fourth-order valence-electron chi connectivity index (χ4n) is 2.11. The molecule has 22 heavy (non-hydrogen) atoms. The molecule has 3 rings (SSSR count). The SMILES string of the molecule is C=C1Nc2ccc(NC(=O)Nc3cc(Cl)cc(Cl)c3)cc2N1. The van der Waals surface area contributed by atoms with Crippen molar-refractivity contribution < 1.29 is 4.79 Å². The lowest BCUT2D eigenvalue weighted by Gasteiger charge is -2.09. The molecule has 112 valence electrons. The normalized spacial score (nSPS) is 12.2. The first-order chi connectivity index (χ1) is 10.5. The number of rotatable bonds is 2. The maximum Gasteiger partial charge on any atom is 0.323 e. The number of hydrogen-bond donors (Lipinski definition) is 4. The highest BCUT2D eigenvalue weighted by atomic mass is 35.5. The van der Waals surface area contributed by atoms with Crippen molar-refractivity contribution in [2.75, 3.05) is 21.3 Å². The number of nitrogens with one attached hydrogen (secondary N) is 4. The van der Waals surface area contributed by atoms with Crippen molar-refractivity contribution in [3.05, 3.63) is 58.8 Å². The molecule has 0 bridgehead atoms. The van der Waals surface area contributed by atoms with Crippen LogP contribution in [0, 0.1) is 0 Å². The lowest BCUT2D eigenvalue weighted by atomic mass is 10.2. The summed E-state index contributed by atoms with van der Waals surface area (Å²) in [6.07, 6.45) is 0. The van der Waals surface area contributed by atoms with E-state index in [4.69, 9.17) is 23.2 Å². The van der Waals surface area contributed by atoms with Crippen LogP contribution in [0.3, 0.4) is 0 Å². The highest BCUT2D eigenvalue weighted by molar-refractivity contribution is 6.35. The molecule has 0 fully saturated rings. The van der Waals surface area contributed by atoms with Crippen LogP contribution in [0.2, 0.25) is 10.0 Å². The zero-order valence-electron chi connectivity index (χ0n) is 11.3.